The molecule has 5 nitrogen and oxygen atoms in total. The number of benzene rings is 1. The van der Waals surface area contributed by atoms with Crippen molar-refractivity contribution < 1.29 is 9.53 Å². The van der Waals surface area contributed by atoms with Gasteiger partial charge in [-0.1, -0.05) is 31.2 Å². The Balaban J connectivity index is 1.65. The summed E-state index contributed by atoms with van der Waals surface area (Å²) in [5.74, 6) is 1.58. The molecule has 1 N–H and O–H groups in total. The molecule has 1 aliphatic heterocycles. The second kappa shape index (κ2) is 7.46. The third-order valence-corrected chi connectivity index (χ3v) is 5.42. The zero-order valence-electron chi connectivity index (χ0n) is 15.7. The fourth-order valence-corrected chi connectivity index (χ4v) is 3.85. The van der Waals surface area contributed by atoms with Crippen LogP contribution in [0.2, 0.25) is 0 Å². The number of rotatable bonds is 4. The van der Waals surface area contributed by atoms with E-state index in [4.69, 9.17) is 4.74 Å². The molecule has 4 unspecified atom stereocenters. The summed E-state index contributed by atoms with van der Waals surface area (Å²) < 4.78 is 4.95. The summed E-state index contributed by atoms with van der Waals surface area (Å²) in [6, 6.07) is 9.03. The molecule has 1 heterocycles. The standard InChI is InChI=1S/C20H29N3O2/c1-5-21-20(23-11-14(3)17(12-23)19(24)25-4)22-18-10-16(18)15-9-7-6-8-13(15)2/h6-9,14,16-18H,5,10-12H2,1-4H3,(H,21,22). The number of hydrogen-bond acceptors (Lipinski definition) is 3. The first kappa shape index (κ1) is 17.8. The predicted molar refractivity (Wildman–Crippen MR) is 99.7 cm³/mol. The SMILES string of the molecule is CCN=C(NC1CC1c1ccccc1C)N1CC(C)C(C(=O)OC)C1. The highest BCUT2D eigenvalue weighted by Gasteiger charge is 2.42. The molecule has 0 radical (unpaired) electrons. The largest absolute Gasteiger partial charge is 0.469 e. The molecular formula is C20H29N3O2. The molecule has 1 aliphatic carbocycles. The Hall–Kier alpha value is -2.04. The summed E-state index contributed by atoms with van der Waals surface area (Å²) in [5.41, 5.74) is 2.78. The lowest BCUT2D eigenvalue weighted by Gasteiger charge is -2.22. The minimum absolute atomic E-state index is 0.0692. The Morgan fingerprint density at radius 3 is 2.80 bits per heavy atom. The van der Waals surface area contributed by atoms with Gasteiger partial charge in [-0.05, 0) is 37.3 Å². The van der Waals surface area contributed by atoms with Crippen LogP contribution in [0.25, 0.3) is 0 Å². The van der Waals surface area contributed by atoms with Gasteiger partial charge in [0.1, 0.15) is 0 Å². The Kier molecular flexibility index (Phi) is 5.30. The Bertz CT molecular complexity index is 658. The van der Waals surface area contributed by atoms with Gasteiger partial charge in [0.05, 0.1) is 13.0 Å². The minimum atomic E-state index is -0.116. The molecule has 0 aromatic heterocycles. The fraction of sp³-hybridized carbons (Fsp3) is 0.600. The van der Waals surface area contributed by atoms with Crippen LogP contribution in [0.15, 0.2) is 29.3 Å². The van der Waals surface area contributed by atoms with Gasteiger partial charge in [0.2, 0.25) is 0 Å². The van der Waals surface area contributed by atoms with Crippen molar-refractivity contribution in [2.24, 2.45) is 16.8 Å². The molecule has 0 bridgehead atoms. The number of esters is 1. The summed E-state index contributed by atoms with van der Waals surface area (Å²) in [6.07, 6.45) is 1.14. The van der Waals surface area contributed by atoms with Crippen LogP contribution in [-0.2, 0) is 9.53 Å². The molecule has 1 aromatic rings. The average molecular weight is 343 g/mol. The van der Waals surface area contributed by atoms with Crippen molar-refractivity contribution in [1.29, 1.82) is 0 Å². The number of carbonyl (C=O) groups is 1. The van der Waals surface area contributed by atoms with Crippen LogP contribution in [0.5, 0.6) is 0 Å². The third-order valence-electron chi connectivity index (χ3n) is 5.42. The van der Waals surface area contributed by atoms with Crippen molar-refractivity contribution in [1.82, 2.24) is 10.2 Å². The number of aliphatic imine (C=N–C) groups is 1. The molecule has 136 valence electrons. The summed E-state index contributed by atoms with van der Waals surface area (Å²) in [7, 11) is 1.47. The Labute approximate surface area is 150 Å². The van der Waals surface area contributed by atoms with Gasteiger partial charge in [0.15, 0.2) is 5.96 Å². The zero-order chi connectivity index (χ0) is 18.0. The number of aryl methyl sites for hydroxylation is 1. The van der Waals surface area contributed by atoms with Crippen molar-refractivity contribution in [2.75, 3.05) is 26.7 Å². The first-order chi connectivity index (χ1) is 12.0. The monoisotopic (exact) mass is 343 g/mol. The predicted octanol–water partition coefficient (Wildman–Crippen LogP) is 2.56. The lowest BCUT2D eigenvalue weighted by atomic mass is 9.99. The van der Waals surface area contributed by atoms with E-state index < -0.39 is 0 Å². The van der Waals surface area contributed by atoms with E-state index in [2.05, 4.69) is 53.3 Å². The molecule has 3 rings (SSSR count). The van der Waals surface area contributed by atoms with Crippen LogP contribution < -0.4 is 5.32 Å². The summed E-state index contributed by atoms with van der Waals surface area (Å²) in [4.78, 5) is 18.8. The fourth-order valence-electron chi connectivity index (χ4n) is 3.85. The molecule has 1 saturated heterocycles. The van der Waals surface area contributed by atoms with Gasteiger partial charge < -0.3 is 15.0 Å². The molecule has 25 heavy (non-hydrogen) atoms. The number of nitrogens with zero attached hydrogens (tertiary/aromatic N) is 2. The molecule has 0 spiro atoms. The molecule has 0 amide bonds. The van der Waals surface area contributed by atoms with Crippen molar-refractivity contribution in [2.45, 2.75) is 39.2 Å². The van der Waals surface area contributed by atoms with Crippen LogP contribution >= 0.6 is 0 Å². The highest BCUT2D eigenvalue weighted by Crippen LogP contribution is 2.42. The van der Waals surface area contributed by atoms with Gasteiger partial charge in [-0.15, -0.1) is 0 Å². The number of likely N-dealkylation sites (tertiary alicyclic amines) is 1. The zero-order valence-corrected chi connectivity index (χ0v) is 15.7. The first-order valence-corrected chi connectivity index (χ1v) is 9.24. The number of ether oxygens (including phenoxy) is 1. The number of hydrogen-bond donors (Lipinski definition) is 1. The number of guanidine groups is 1. The van der Waals surface area contributed by atoms with Crippen molar-refractivity contribution in [3.63, 3.8) is 0 Å². The van der Waals surface area contributed by atoms with Crippen molar-refractivity contribution in [3.05, 3.63) is 35.4 Å². The molecule has 2 aliphatic rings. The topological polar surface area (TPSA) is 53.9 Å². The molecule has 4 atom stereocenters. The van der Waals surface area contributed by atoms with E-state index in [1.807, 2.05) is 6.92 Å². The van der Waals surface area contributed by atoms with E-state index in [-0.39, 0.29) is 17.8 Å². The van der Waals surface area contributed by atoms with Crippen molar-refractivity contribution in [3.8, 4) is 0 Å². The van der Waals surface area contributed by atoms with E-state index in [0.717, 1.165) is 25.5 Å². The summed E-state index contributed by atoms with van der Waals surface area (Å²) in [5, 5.41) is 3.63. The number of nitrogens with one attached hydrogen (secondary N) is 1. The minimum Gasteiger partial charge on any atom is -0.469 e. The lowest BCUT2D eigenvalue weighted by molar-refractivity contribution is -0.145. The molecule has 5 heteroatoms. The quantitative estimate of drug-likeness (QED) is 0.519. The lowest BCUT2D eigenvalue weighted by Crippen LogP contribution is -2.42. The molecule has 2 fully saturated rings. The van der Waals surface area contributed by atoms with E-state index in [1.165, 1.54) is 18.2 Å². The molecular weight excluding hydrogens is 314 g/mol. The van der Waals surface area contributed by atoms with Gasteiger partial charge >= 0.3 is 5.97 Å². The van der Waals surface area contributed by atoms with Crippen LogP contribution in [-0.4, -0.2) is 49.6 Å². The van der Waals surface area contributed by atoms with Gasteiger partial charge in [-0.2, -0.15) is 0 Å². The van der Waals surface area contributed by atoms with Crippen LogP contribution in [0, 0.1) is 18.8 Å². The Morgan fingerprint density at radius 2 is 2.12 bits per heavy atom. The maximum Gasteiger partial charge on any atom is 0.310 e. The van der Waals surface area contributed by atoms with Gasteiger partial charge in [-0.3, -0.25) is 9.79 Å². The number of carbonyl (C=O) groups excluding carboxylic acids is 1. The van der Waals surface area contributed by atoms with E-state index in [9.17, 15) is 4.79 Å². The van der Waals surface area contributed by atoms with E-state index in [0.29, 0.717) is 18.5 Å². The maximum atomic E-state index is 12.0. The van der Waals surface area contributed by atoms with Crippen LogP contribution in [0.1, 0.15) is 37.3 Å². The Morgan fingerprint density at radius 1 is 1.36 bits per heavy atom. The smallest absolute Gasteiger partial charge is 0.310 e. The van der Waals surface area contributed by atoms with Gasteiger partial charge in [0, 0.05) is 31.6 Å². The third kappa shape index (κ3) is 3.80. The second-order valence-electron chi connectivity index (χ2n) is 7.26. The van der Waals surface area contributed by atoms with Crippen LogP contribution in [0.3, 0.4) is 0 Å². The summed E-state index contributed by atoms with van der Waals surface area (Å²) >= 11 is 0. The van der Waals surface area contributed by atoms with Gasteiger partial charge in [0.25, 0.3) is 0 Å². The highest BCUT2D eigenvalue weighted by atomic mass is 16.5. The maximum absolute atomic E-state index is 12.0. The molecule has 1 saturated carbocycles. The second-order valence-corrected chi connectivity index (χ2v) is 7.26. The highest BCUT2D eigenvalue weighted by molar-refractivity contribution is 5.83. The van der Waals surface area contributed by atoms with Crippen molar-refractivity contribution >= 4 is 11.9 Å². The molecule has 1 aromatic carbocycles. The van der Waals surface area contributed by atoms with E-state index in [1.54, 1.807) is 0 Å². The van der Waals surface area contributed by atoms with Gasteiger partial charge in [-0.25, -0.2) is 0 Å². The normalized spacial score (nSPS) is 28.8. The number of methoxy groups -OCH3 is 1. The first-order valence-electron chi connectivity index (χ1n) is 9.24. The van der Waals surface area contributed by atoms with Crippen LogP contribution in [0.4, 0.5) is 0 Å². The van der Waals surface area contributed by atoms with E-state index >= 15 is 0 Å². The summed E-state index contributed by atoms with van der Waals surface area (Å²) in [6.45, 7) is 8.59. The average Bonchev–Trinajstić information content (AvgIpc) is 3.25.